The minimum Gasteiger partial charge on any atom is -0.430 e. The van der Waals surface area contributed by atoms with Gasteiger partial charge in [-0.05, 0) is 48.9 Å². The highest BCUT2D eigenvalue weighted by atomic mass is 32.2. The third-order valence-corrected chi connectivity index (χ3v) is 7.05. The highest BCUT2D eigenvalue weighted by Crippen LogP contribution is 2.16. The van der Waals surface area contributed by atoms with Gasteiger partial charge in [-0.3, -0.25) is 9.59 Å². The molecule has 0 aliphatic heterocycles. The van der Waals surface area contributed by atoms with Gasteiger partial charge in [-0.25, -0.2) is 22.9 Å². The first-order chi connectivity index (χ1) is 18.1. The summed E-state index contributed by atoms with van der Waals surface area (Å²) in [5.41, 5.74) is 0.814. The number of benzene rings is 1. The van der Waals surface area contributed by atoms with Gasteiger partial charge < -0.3 is 14.8 Å². The summed E-state index contributed by atoms with van der Waals surface area (Å²) in [4.78, 5) is 40.1. The lowest BCUT2D eigenvalue weighted by molar-refractivity contribution is -0.121. The maximum absolute atomic E-state index is 12.7. The van der Waals surface area contributed by atoms with Gasteiger partial charge in [0.1, 0.15) is 6.10 Å². The van der Waals surface area contributed by atoms with Gasteiger partial charge in [-0.1, -0.05) is 52.7 Å². The van der Waals surface area contributed by atoms with Gasteiger partial charge in [0.2, 0.25) is 11.8 Å². The van der Waals surface area contributed by atoms with Crippen LogP contribution in [0.2, 0.25) is 0 Å². The molecular weight excluding hydrogens is 510 g/mol. The molecule has 2 rings (SSSR count). The predicted octanol–water partition coefficient (Wildman–Crippen LogP) is 4.39. The van der Waals surface area contributed by atoms with E-state index in [9.17, 15) is 22.8 Å². The molecule has 2 N–H and O–H groups in total. The zero-order valence-corrected chi connectivity index (χ0v) is 23.2. The smallest absolute Gasteiger partial charge is 0.430 e. The number of carbonyl (C=O) groups excluding carboxylic acids is 3. The first-order valence-electron chi connectivity index (χ1n) is 12.8. The van der Waals surface area contributed by atoms with Crippen molar-refractivity contribution < 1.29 is 32.3 Å². The van der Waals surface area contributed by atoms with Gasteiger partial charge in [0.25, 0.3) is 15.9 Å². The minimum atomic E-state index is -4.13. The van der Waals surface area contributed by atoms with Gasteiger partial charge in [0.05, 0.1) is 10.5 Å². The van der Waals surface area contributed by atoms with Crippen molar-refractivity contribution in [3.8, 4) is 5.88 Å². The molecule has 0 saturated carbocycles. The van der Waals surface area contributed by atoms with E-state index in [1.54, 1.807) is 12.1 Å². The van der Waals surface area contributed by atoms with E-state index in [0.717, 1.165) is 31.0 Å². The molecule has 1 heterocycles. The SMILES string of the molecule is CCCCC(=O)NCCc1ccc(S(=O)(=O)NC(=O)c2ccc(OC(=O)OC(CCC)C(C)C)nc2)cc1. The van der Waals surface area contributed by atoms with E-state index in [0.29, 0.717) is 25.8 Å². The van der Waals surface area contributed by atoms with E-state index < -0.39 is 22.1 Å². The van der Waals surface area contributed by atoms with E-state index in [1.165, 1.54) is 24.3 Å². The molecule has 0 bridgehead atoms. The van der Waals surface area contributed by atoms with E-state index in [4.69, 9.17) is 9.47 Å². The highest BCUT2D eigenvalue weighted by Gasteiger charge is 2.21. The Hall–Kier alpha value is -3.47. The molecule has 1 aromatic heterocycles. The number of hydrogen-bond donors (Lipinski definition) is 2. The second-order valence-electron chi connectivity index (χ2n) is 9.21. The number of hydrogen-bond acceptors (Lipinski definition) is 8. The minimum absolute atomic E-state index is 0.00508. The normalized spacial score (nSPS) is 12.0. The summed E-state index contributed by atoms with van der Waals surface area (Å²) in [6, 6.07) is 8.64. The topological polar surface area (TPSA) is 141 Å². The lowest BCUT2D eigenvalue weighted by Gasteiger charge is -2.19. The number of pyridine rings is 1. The average Bonchev–Trinajstić information content (AvgIpc) is 2.87. The predicted molar refractivity (Wildman–Crippen MR) is 142 cm³/mol. The maximum atomic E-state index is 12.7. The monoisotopic (exact) mass is 547 g/mol. The number of amides is 2. The van der Waals surface area contributed by atoms with Crippen LogP contribution in [0.1, 0.15) is 75.7 Å². The quantitative estimate of drug-likeness (QED) is 0.332. The molecule has 1 unspecified atom stereocenters. The number of unbranched alkanes of at least 4 members (excludes halogenated alkanes) is 1. The van der Waals surface area contributed by atoms with Crippen molar-refractivity contribution in [2.24, 2.45) is 5.92 Å². The largest absolute Gasteiger partial charge is 0.515 e. The van der Waals surface area contributed by atoms with Crippen molar-refractivity contribution in [3.63, 3.8) is 0 Å². The van der Waals surface area contributed by atoms with Crippen LogP contribution in [0.25, 0.3) is 0 Å². The Kier molecular flexibility index (Phi) is 12.2. The van der Waals surface area contributed by atoms with E-state index in [1.807, 2.05) is 32.4 Å². The maximum Gasteiger partial charge on any atom is 0.515 e. The number of sulfonamides is 1. The van der Waals surface area contributed by atoms with Crippen LogP contribution in [-0.4, -0.2) is 44.0 Å². The molecule has 0 saturated heterocycles. The molecule has 1 atom stereocenters. The molecule has 1 aromatic carbocycles. The van der Waals surface area contributed by atoms with Crippen LogP contribution >= 0.6 is 0 Å². The van der Waals surface area contributed by atoms with Crippen LogP contribution in [0.4, 0.5) is 4.79 Å². The second-order valence-corrected chi connectivity index (χ2v) is 10.9. The van der Waals surface area contributed by atoms with Crippen molar-refractivity contribution in [1.29, 1.82) is 0 Å². The second kappa shape index (κ2) is 15.1. The Labute approximate surface area is 224 Å². The molecule has 11 heteroatoms. The molecule has 208 valence electrons. The third-order valence-electron chi connectivity index (χ3n) is 5.70. The van der Waals surface area contributed by atoms with Crippen LogP contribution in [0, 0.1) is 5.92 Å². The molecule has 38 heavy (non-hydrogen) atoms. The summed E-state index contributed by atoms with van der Waals surface area (Å²) in [6.07, 6.45) is 4.31. The molecule has 0 spiro atoms. The van der Waals surface area contributed by atoms with Gasteiger partial charge in [-0.2, -0.15) is 0 Å². The zero-order valence-electron chi connectivity index (χ0n) is 22.4. The summed E-state index contributed by atoms with van der Waals surface area (Å²) in [6.45, 7) is 8.35. The van der Waals surface area contributed by atoms with Crippen LogP contribution in [0.5, 0.6) is 5.88 Å². The van der Waals surface area contributed by atoms with Gasteiger partial charge in [0.15, 0.2) is 0 Å². The Balaban J connectivity index is 1.91. The van der Waals surface area contributed by atoms with Crippen molar-refractivity contribution in [1.82, 2.24) is 15.0 Å². The first-order valence-corrected chi connectivity index (χ1v) is 14.3. The number of rotatable bonds is 14. The molecule has 10 nitrogen and oxygen atoms in total. The number of nitrogens with zero attached hydrogens (tertiary/aromatic N) is 1. The average molecular weight is 548 g/mol. The fourth-order valence-electron chi connectivity index (χ4n) is 3.47. The van der Waals surface area contributed by atoms with Gasteiger partial charge in [-0.15, -0.1) is 0 Å². The van der Waals surface area contributed by atoms with Crippen LogP contribution in [0.15, 0.2) is 47.5 Å². The van der Waals surface area contributed by atoms with Gasteiger partial charge in [0, 0.05) is 25.2 Å². The summed E-state index contributed by atoms with van der Waals surface area (Å²) < 4.78 is 37.7. The molecule has 0 aliphatic rings. The Morgan fingerprint density at radius 2 is 1.71 bits per heavy atom. The van der Waals surface area contributed by atoms with Crippen LogP contribution in [-0.2, 0) is 26.0 Å². The Bertz CT molecular complexity index is 1160. The van der Waals surface area contributed by atoms with E-state index in [2.05, 4.69) is 10.3 Å². The zero-order chi connectivity index (χ0) is 28.1. The highest BCUT2D eigenvalue weighted by molar-refractivity contribution is 7.90. The molecule has 2 aromatic rings. The number of aromatic nitrogens is 1. The number of nitrogens with one attached hydrogen (secondary N) is 2. The van der Waals surface area contributed by atoms with Crippen molar-refractivity contribution >= 4 is 28.0 Å². The fraction of sp³-hybridized carbons (Fsp3) is 0.481. The van der Waals surface area contributed by atoms with Crippen LogP contribution in [0.3, 0.4) is 0 Å². The Morgan fingerprint density at radius 1 is 1.00 bits per heavy atom. The molecule has 0 radical (unpaired) electrons. The lowest BCUT2D eigenvalue weighted by Crippen LogP contribution is -2.30. The molecular formula is C27H37N3O7S. The summed E-state index contributed by atoms with van der Waals surface area (Å²) >= 11 is 0. The summed E-state index contributed by atoms with van der Waals surface area (Å²) in [5, 5.41) is 2.83. The number of carbonyl (C=O) groups is 3. The molecule has 0 fully saturated rings. The standard InChI is InChI=1S/C27H37N3O7S/c1-5-7-9-24(31)28-17-16-20-10-13-22(14-11-20)38(34,35)30-26(32)21-12-15-25(29-18-21)37-27(33)36-23(8-6-2)19(3)4/h10-15,18-19,23H,5-9,16-17H2,1-4H3,(H,28,31)(H,30,32). The number of ether oxygens (including phenoxy) is 2. The Morgan fingerprint density at radius 3 is 2.29 bits per heavy atom. The lowest BCUT2D eigenvalue weighted by atomic mass is 10.0. The summed E-state index contributed by atoms with van der Waals surface area (Å²) in [7, 11) is -4.13. The molecule has 2 amide bonds. The van der Waals surface area contributed by atoms with E-state index in [-0.39, 0.29) is 34.3 Å². The fourth-order valence-corrected chi connectivity index (χ4v) is 4.44. The third kappa shape index (κ3) is 10.1. The molecule has 0 aliphatic carbocycles. The first kappa shape index (κ1) is 30.8. The van der Waals surface area contributed by atoms with Crippen molar-refractivity contribution in [3.05, 3.63) is 53.7 Å². The van der Waals surface area contributed by atoms with Crippen molar-refractivity contribution in [2.45, 2.75) is 77.2 Å². The van der Waals surface area contributed by atoms with Crippen molar-refractivity contribution in [2.75, 3.05) is 6.54 Å². The van der Waals surface area contributed by atoms with Crippen LogP contribution < -0.4 is 14.8 Å². The summed E-state index contributed by atoms with van der Waals surface area (Å²) in [5.74, 6) is -0.837. The van der Waals surface area contributed by atoms with Gasteiger partial charge >= 0.3 is 6.16 Å². The van der Waals surface area contributed by atoms with E-state index >= 15 is 0 Å².